The molecule has 0 aliphatic rings. The Labute approximate surface area is 185 Å². The third-order valence-electron chi connectivity index (χ3n) is 5.35. The summed E-state index contributed by atoms with van der Waals surface area (Å²) in [6, 6.07) is 12.9. The Morgan fingerprint density at radius 3 is 2.52 bits per heavy atom. The van der Waals surface area contributed by atoms with Crippen molar-refractivity contribution < 1.29 is 13.2 Å². The second kappa shape index (κ2) is 7.73. The number of halogens is 3. The fraction of sp³-hybridized carbons (Fsp3) is 0.190. The van der Waals surface area contributed by atoms with Crippen LogP contribution in [0.25, 0.3) is 22.9 Å². The number of rotatable bonds is 5. The summed E-state index contributed by atoms with van der Waals surface area (Å²) in [4.78, 5) is 6.46. The number of alkyl halides is 3. The second-order valence-corrected chi connectivity index (χ2v) is 7.32. The molecule has 5 aromatic rings. The molecule has 4 aromatic heterocycles. The molecule has 0 bridgehead atoms. The van der Waals surface area contributed by atoms with Crippen LogP contribution in [0.3, 0.4) is 0 Å². The van der Waals surface area contributed by atoms with E-state index in [-0.39, 0.29) is 11.5 Å². The zero-order chi connectivity index (χ0) is 23.2. The van der Waals surface area contributed by atoms with Crippen molar-refractivity contribution in [1.29, 1.82) is 0 Å². The van der Waals surface area contributed by atoms with Crippen LogP contribution in [0.5, 0.6) is 0 Å². The third kappa shape index (κ3) is 3.58. The highest BCUT2D eigenvalue weighted by Gasteiger charge is 2.36. The number of hydrogen-bond acceptors (Lipinski definition) is 6. The minimum atomic E-state index is -4.56. The normalized spacial score (nSPS) is 11.9. The van der Waals surface area contributed by atoms with E-state index >= 15 is 0 Å². The minimum Gasteiger partial charge on any atom is -0.329 e. The molecule has 4 heterocycles. The van der Waals surface area contributed by atoms with Gasteiger partial charge in [-0.25, -0.2) is 10.1 Å². The summed E-state index contributed by atoms with van der Waals surface area (Å²) in [6.45, 7) is 2.02. The van der Waals surface area contributed by atoms with E-state index in [1.807, 2.05) is 31.0 Å². The first-order valence-corrected chi connectivity index (χ1v) is 10.1. The molecular formula is C21H18F3N9. The average molecular weight is 453 g/mol. The molecule has 0 aliphatic carbocycles. The number of nitrogens with one attached hydrogen (secondary N) is 1. The van der Waals surface area contributed by atoms with Crippen LogP contribution in [0.1, 0.15) is 18.3 Å². The van der Waals surface area contributed by atoms with Crippen molar-refractivity contribution in [2.75, 3.05) is 11.9 Å². The Hall–Kier alpha value is -4.22. The number of H-pyrrole nitrogens is 1. The molecule has 33 heavy (non-hydrogen) atoms. The van der Waals surface area contributed by atoms with Crippen molar-refractivity contribution in [1.82, 2.24) is 39.8 Å². The Bertz CT molecular complexity index is 1400. The van der Waals surface area contributed by atoms with Crippen LogP contribution < -0.4 is 4.90 Å². The lowest BCUT2D eigenvalue weighted by Crippen LogP contribution is -2.16. The molecule has 0 saturated heterocycles. The van der Waals surface area contributed by atoms with Crippen molar-refractivity contribution >= 4 is 17.2 Å². The molecule has 0 amide bonds. The second-order valence-electron chi connectivity index (χ2n) is 7.32. The van der Waals surface area contributed by atoms with Crippen LogP contribution >= 0.6 is 0 Å². The summed E-state index contributed by atoms with van der Waals surface area (Å²) in [5, 5.41) is 17.6. The van der Waals surface area contributed by atoms with Gasteiger partial charge in [-0.15, -0.1) is 5.10 Å². The van der Waals surface area contributed by atoms with Gasteiger partial charge in [0.1, 0.15) is 11.5 Å². The van der Waals surface area contributed by atoms with Gasteiger partial charge in [0.05, 0.1) is 11.9 Å². The lowest BCUT2D eigenvalue weighted by molar-refractivity contribution is -0.142. The van der Waals surface area contributed by atoms with Gasteiger partial charge in [-0.2, -0.15) is 22.8 Å². The van der Waals surface area contributed by atoms with Gasteiger partial charge in [0.2, 0.25) is 0 Å². The molecule has 5 rings (SSSR count). The number of nitrogens with zero attached hydrogens (tertiary/aromatic N) is 8. The van der Waals surface area contributed by atoms with E-state index in [9.17, 15) is 13.2 Å². The van der Waals surface area contributed by atoms with E-state index < -0.39 is 11.9 Å². The summed E-state index contributed by atoms with van der Waals surface area (Å²) in [7, 11) is 1.87. The Morgan fingerprint density at radius 2 is 1.85 bits per heavy atom. The van der Waals surface area contributed by atoms with E-state index in [0.717, 1.165) is 39.9 Å². The van der Waals surface area contributed by atoms with E-state index in [1.54, 1.807) is 35.0 Å². The topological polar surface area (TPSA) is 92.8 Å². The van der Waals surface area contributed by atoms with E-state index in [0.29, 0.717) is 5.69 Å². The zero-order valence-corrected chi connectivity index (χ0v) is 17.6. The van der Waals surface area contributed by atoms with Crippen LogP contribution in [-0.2, 0) is 12.6 Å². The Kier molecular flexibility index (Phi) is 4.84. The number of aromatic nitrogens is 8. The van der Waals surface area contributed by atoms with Crippen molar-refractivity contribution in [2.24, 2.45) is 0 Å². The van der Waals surface area contributed by atoms with Gasteiger partial charge >= 0.3 is 6.18 Å². The van der Waals surface area contributed by atoms with Gasteiger partial charge in [0, 0.05) is 36.2 Å². The van der Waals surface area contributed by atoms with Crippen LogP contribution in [0.2, 0.25) is 0 Å². The van der Waals surface area contributed by atoms with Gasteiger partial charge in [-0.1, -0.05) is 6.92 Å². The number of aryl methyl sites for hydroxylation is 1. The molecule has 0 atom stereocenters. The molecule has 0 saturated carbocycles. The van der Waals surface area contributed by atoms with Gasteiger partial charge in [-0.3, -0.25) is 0 Å². The van der Waals surface area contributed by atoms with Crippen LogP contribution in [0, 0.1) is 0 Å². The maximum absolute atomic E-state index is 13.7. The first-order chi connectivity index (χ1) is 15.9. The molecule has 1 N–H and O–H groups in total. The molecule has 0 spiro atoms. The van der Waals surface area contributed by atoms with Gasteiger partial charge in [0.15, 0.2) is 11.5 Å². The molecule has 168 valence electrons. The lowest BCUT2D eigenvalue weighted by Gasteiger charge is -2.22. The molecule has 1 aromatic carbocycles. The first-order valence-electron chi connectivity index (χ1n) is 10.1. The fourth-order valence-electron chi connectivity index (χ4n) is 3.71. The minimum absolute atomic E-state index is 0.136. The summed E-state index contributed by atoms with van der Waals surface area (Å²) >= 11 is 0. The standard InChI is InChI=1S/C21H18F3N9/c1-3-13-12-19(33-18(26-13)10-11-25-33)31(2)14-4-6-15(7-5-14)32-16(20-27-29-30-28-20)8-9-17(32)21(22,23)24/h4-12H,3H2,1-2H3,(H,27,28,29,30). The molecular weight excluding hydrogens is 435 g/mol. The van der Waals surface area contributed by atoms with Crippen molar-refractivity contribution in [3.63, 3.8) is 0 Å². The predicted molar refractivity (Wildman–Crippen MR) is 114 cm³/mol. The highest BCUT2D eigenvalue weighted by molar-refractivity contribution is 5.65. The maximum atomic E-state index is 13.7. The van der Waals surface area contributed by atoms with Crippen LogP contribution in [-0.4, -0.2) is 46.8 Å². The van der Waals surface area contributed by atoms with Gasteiger partial charge in [0.25, 0.3) is 0 Å². The van der Waals surface area contributed by atoms with Crippen molar-refractivity contribution in [3.8, 4) is 17.2 Å². The van der Waals surface area contributed by atoms with E-state index in [2.05, 4.69) is 30.7 Å². The van der Waals surface area contributed by atoms with Gasteiger partial charge < -0.3 is 9.47 Å². The summed E-state index contributed by atoms with van der Waals surface area (Å²) in [6.07, 6.45) is -2.12. The lowest BCUT2D eigenvalue weighted by atomic mass is 10.2. The number of hydrogen-bond donors (Lipinski definition) is 1. The smallest absolute Gasteiger partial charge is 0.329 e. The van der Waals surface area contributed by atoms with E-state index in [1.165, 1.54) is 6.07 Å². The first kappa shape index (κ1) is 20.7. The third-order valence-corrected chi connectivity index (χ3v) is 5.35. The van der Waals surface area contributed by atoms with Gasteiger partial charge in [-0.05, 0) is 53.2 Å². The summed E-state index contributed by atoms with van der Waals surface area (Å²) in [5.41, 5.74) is 2.11. The van der Waals surface area contributed by atoms with Crippen LogP contribution in [0.15, 0.2) is 54.7 Å². The van der Waals surface area contributed by atoms with Crippen molar-refractivity contribution in [3.05, 3.63) is 66.1 Å². The van der Waals surface area contributed by atoms with E-state index in [4.69, 9.17) is 0 Å². The summed E-state index contributed by atoms with van der Waals surface area (Å²) in [5.74, 6) is 0.927. The average Bonchev–Trinajstić information content (AvgIpc) is 3.57. The van der Waals surface area contributed by atoms with Crippen LogP contribution in [0.4, 0.5) is 24.7 Å². The molecule has 0 fully saturated rings. The molecule has 0 unspecified atom stereocenters. The highest BCUT2D eigenvalue weighted by Crippen LogP contribution is 2.36. The molecule has 0 radical (unpaired) electrons. The molecule has 0 aliphatic heterocycles. The van der Waals surface area contributed by atoms with Crippen molar-refractivity contribution in [2.45, 2.75) is 19.5 Å². The molecule has 9 nitrogen and oxygen atoms in total. The molecule has 12 heteroatoms. The fourth-order valence-corrected chi connectivity index (χ4v) is 3.71. The number of tetrazole rings is 1. The quantitative estimate of drug-likeness (QED) is 0.432. The number of benzene rings is 1. The number of anilines is 2. The monoisotopic (exact) mass is 453 g/mol. The number of aromatic amines is 1. The zero-order valence-electron chi connectivity index (χ0n) is 17.6. The maximum Gasteiger partial charge on any atom is 0.431 e. The Balaban J connectivity index is 1.57. The largest absolute Gasteiger partial charge is 0.431 e. The predicted octanol–water partition coefficient (Wildman–Crippen LogP) is 4.05. The Morgan fingerprint density at radius 1 is 1.06 bits per heavy atom. The SMILES string of the molecule is CCc1cc(N(C)c2ccc(-n3c(-c4nnn[nH]4)ccc3C(F)(F)F)cc2)n2nccc2n1. The summed E-state index contributed by atoms with van der Waals surface area (Å²) < 4.78 is 43.9. The number of fused-ring (bicyclic) bond motifs is 1. The highest BCUT2D eigenvalue weighted by atomic mass is 19.4.